The lowest BCUT2D eigenvalue weighted by Gasteiger charge is -2.36. The van der Waals surface area contributed by atoms with E-state index in [2.05, 4.69) is 26.8 Å². The highest BCUT2D eigenvalue weighted by atomic mass is 19.1. The second-order valence-corrected chi connectivity index (χ2v) is 9.45. The first-order valence-electron chi connectivity index (χ1n) is 11.7. The second-order valence-electron chi connectivity index (χ2n) is 9.45. The summed E-state index contributed by atoms with van der Waals surface area (Å²) < 4.78 is 20.1. The zero-order valence-corrected chi connectivity index (χ0v) is 20.3. The normalized spacial score (nSPS) is 19.2. The van der Waals surface area contributed by atoms with E-state index in [-0.39, 0.29) is 40.8 Å². The number of benzene rings is 1. The number of hydrogen-bond acceptors (Lipinski definition) is 9. The van der Waals surface area contributed by atoms with Gasteiger partial charge in [0.1, 0.15) is 23.0 Å². The molecule has 1 saturated heterocycles. The van der Waals surface area contributed by atoms with Crippen LogP contribution in [0.25, 0.3) is 21.9 Å². The molecule has 0 aliphatic carbocycles. The van der Waals surface area contributed by atoms with Crippen molar-refractivity contribution in [3.8, 4) is 11.8 Å². The number of carbonyl (C=O) groups excluding carboxylic acids is 1. The molecular formula is C25H28FN7O3. The highest BCUT2D eigenvalue weighted by Crippen LogP contribution is 2.36. The van der Waals surface area contributed by atoms with Crippen molar-refractivity contribution in [1.82, 2.24) is 24.8 Å². The van der Waals surface area contributed by atoms with Crippen molar-refractivity contribution >= 4 is 34.0 Å². The number of aliphatic hydroxyl groups excluding tert-OH is 1. The predicted octanol–water partition coefficient (Wildman–Crippen LogP) is 2.98. The SMILES string of the molecule is C[C@@H]1CN(c2nc(Oc3cnc(C(O)N(C)C)c(C=O)c3)nc3[nH]c4ccc(F)cc4c23)CCC1N. The van der Waals surface area contributed by atoms with Crippen LogP contribution in [0, 0.1) is 11.7 Å². The molecule has 1 aliphatic heterocycles. The molecule has 1 aromatic carbocycles. The number of fused-ring (bicyclic) bond motifs is 3. The molecule has 36 heavy (non-hydrogen) atoms. The quantitative estimate of drug-likeness (QED) is 0.274. The van der Waals surface area contributed by atoms with E-state index in [0.717, 1.165) is 11.9 Å². The number of nitrogens with one attached hydrogen (secondary N) is 1. The summed E-state index contributed by atoms with van der Waals surface area (Å²) >= 11 is 0. The van der Waals surface area contributed by atoms with Gasteiger partial charge in [-0.2, -0.15) is 9.97 Å². The van der Waals surface area contributed by atoms with Crippen LogP contribution < -0.4 is 15.4 Å². The van der Waals surface area contributed by atoms with Crippen molar-refractivity contribution in [1.29, 1.82) is 0 Å². The molecule has 0 saturated carbocycles. The molecule has 4 aromatic rings. The summed E-state index contributed by atoms with van der Waals surface area (Å²) in [6.45, 7) is 3.47. The molecule has 3 atom stereocenters. The monoisotopic (exact) mass is 493 g/mol. The van der Waals surface area contributed by atoms with Gasteiger partial charge in [-0.1, -0.05) is 6.92 Å². The van der Waals surface area contributed by atoms with Gasteiger partial charge in [-0.25, -0.2) is 4.39 Å². The number of hydrogen-bond donors (Lipinski definition) is 3. The number of rotatable bonds is 6. The van der Waals surface area contributed by atoms with Crippen LogP contribution in [0.3, 0.4) is 0 Å². The minimum absolute atomic E-state index is 0.0478. The van der Waals surface area contributed by atoms with Gasteiger partial charge in [0, 0.05) is 35.6 Å². The summed E-state index contributed by atoms with van der Waals surface area (Å²) in [4.78, 5) is 32.0. The number of aromatic amines is 1. The van der Waals surface area contributed by atoms with Gasteiger partial charge in [-0.05, 0) is 50.7 Å². The van der Waals surface area contributed by atoms with E-state index >= 15 is 0 Å². The third-order valence-corrected chi connectivity index (χ3v) is 6.64. The lowest BCUT2D eigenvalue weighted by atomic mass is 9.94. The Morgan fingerprint density at radius 3 is 2.86 bits per heavy atom. The lowest BCUT2D eigenvalue weighted by Crippen LogP contribution is -2.46. The number of aromatic nitrogens is 4. The minimum Gasteiger partial charge on any atom is -0.423 e. The van der Waals surface area contributed by atoms with Gasteiger partial charge < -0.3 is 25.5 Å². The Bertz CT molecular complexity index is 1440. The standard InChI is InChI=1S/C25H28FN7O3/c1-13-11-33(7-6-18(13)27)23-20-17-9-15(26)4-5-19(17)29-22(20)30-25(31-23)36-16-8-14(12-34)21(28-10-16)24(35)32(2)3/h4-5,8-10,12-13,18,24,35H,6-7,11,27H2,1-3H3,(H,29,30,31)/t13-,18?,24?/m1/s1. The Kier molecular flexibility index (Phi) is 6.29. The van der Waals surface area contributed by atoms with E-state index in [9.17, 15) is 14.3 Å². The molecule has 11 heteroatoms. The van der Waals surface area contributed by atoms with E-state index in [1.807, 2.05) is 0 Å². The van der Waals surface area contributed by atoms with Crippen molar-refractivity contribution in [2.75, 3.05) is 32.1 Å². The largest absolute Gasteiger partial charge is 0.423 e. The third kappa shape index (κ3) is 4.36. The molecule has 1 aliphatic rings. The summed E-state index contributed by atoms with van der Waals surface area (Å²) in [5.74, 6) is 0.753. The number of aldehydes is 1. The number of pyridine rings is 1. The summed E-state index contributed by atoms with van der Waals surface area (Å²) in [6, 6.07) is 6.15. The summed E-state index contributed by atoms with van der Waals surface area (Å²) in [7, 11) is 3.35. The maximum atomic E-state index is 14.1. The zero-order valence-electron chi connectivity index (χ0n) is 20.3. The fourth-order valence-electron chi connectivity index (χ4n) is 4.55. The molecule has 1 fully saturated rings. The summed E-state index contributed by atoms with van der Waals surface area (Å²) in [5, 5.41) is 11.7. The summed E-state index contributed by atoms with van der Waals surface area (Å²) in [6.07, 6.45) is 1.77. The zero-order chi connectivity index (χ0) is 25.6. The minimum atomic E-state index is -1.04. The van der Waals surface area contributed by atoms with Crippen LogP contribution in [0.4, 0.5) is 10.2 Å². The Hall–Kier alpha value is -3.67. The van der Waals surface area contributed by atoms with Gasteiger partial charge in [0.25, 0.3) is 0 Å². The molecule has 0 bridgehead atoms. The van der Waals surface area contributed by atoms with Crippen molar-refractivity contribution in [3.05, 3.63) is 47.5 Å². The number of piperidine rings is 1. The molecule has 2 unspecified atom stereocenters. The Morgan fingerprint density at radius 2 is 2.14 bits per heavy atom. The van der Waals surface area contributed by atoms with Gasteiger partial charge in [-0.3, -0.25) is 14.7 Å². The molecule has 10 nitrogen and oxygen atoms in total. The average molecular weight is 494 g/mol. The molecule has 4 N–H and O–H groups in total. The van der Waals surface area contributed by atoms with Crippen LogP contribution >= 0.6 is 0 Å². The molecule has 4 heterocycles. The number of carbonyl (C=O) groups is 1. The number of halogens is 1. The lowest BCUT2D eigenvalue weighted by molar-refractivity contribution is 0.0350. The first-order chi connectivity index (χ1) is 17.2. The van der Waals surface area contributed by atoms with E-state index in [4.69, 9.17) is 15.5 Å². The van der Waals surface area contributed by atoms with Crippen molar-refractivity contribution in [2.24, 2.45) is 11.7 Å². The molecule has 0 amide bonds. The third-order valence-electron chi connectivity index (χ3n) is 6.64. The van der Waals surface area contributed by atoms with Gasteiger partial charge >= 0.3 is 6.01 Å². The van der Waals surface area contributed by atoms with Crippen molar-refractivity contribution in [2.45, 2.75) is 25.6 Å². The second kappa shape index (κ2) is 9.41. The van der Waals surface area contributed by atoms with Crippen LogP contribution in [-0.4, -0.2) is 69.5 Å². The van der Waals surface area contributed by atoms with Gasteiger partial charge in [0.05, 0.1) is 17.3 Å². The first kappa shape index (κ1) is 24.0. The van der Waals surface area contributed by atoms with E-state index in [1.54, 1.807) is 20.2 Å². The van der Waals surface area contributed by atoms with Crippen LogP contribution in [0.1, 0.15) is 35.6 Å². The molecule has 188 valence electrons. The number of ether oxygens (including phenoxy) is 1. The average Bonchev–Trinajstić information content (AvgIpc) is 3.22. The molecule has 3 aromatic heterocycles. The highest BCUT2D eigenvalue weighted by Gasteiger charge is 2.27. The van der Waals surface area contributed by atoms with Crippen LogP contribution in [0.5, 0.6) is 11.8 Å². The van der Waals surface area contributed by atoms with Crippen LogP contribution in [0.15, 0.2) is 30.5 Å². The maximum Gasteiger partial charge on any atom is 0.326 e. The summed E-state index contributed by atoms with van der Waals surface area (Å²) in [5.41, 5.74) is 7.88. The predicted molar refractivity (Wildman–Crippen MR) is 134 cm³/mol. The topological polar surface area (TPSA) is 133 Å². The van der Waals surface area contributed by atoms with Gasteiger partial charge in [-0.15, -0.1) is 0 Å². The van der Waals surface area contributed by atoms with Gasteiger partial charge in [0.15, 0.2) is 12.5 Å². The first-order valence-corrected chi connectivity index (χ1v) is 11.7. The van der Waals surface area contributed by atoms with Crippen LogP contribution in [-0.2, 0) is 0 Å². The van der Waals surface area contributed by atoms with E-state index in [1.165, 1.54) is 29.3 Å². The molecule has 5 rings (SSSR count). The smallest absolute Gasteiger partial charge is 0.326 e. The number of anilines is 1. The fourth-order valence-corrected chi connectivity index (χ4v) is 4.55. The Balaban J connectivity index is 1.59. The fraction of sp³-hybridized carbons (Fsp3) is 0.360. The Labute approximate surface area is 206 Å². The van der Waals surface area contributed by atoms with Crippen LogP contribution in [0.2, 0.25) is 0 Å². The molecular weight excluding hydrogens is 465 g/mol. The van der Waals surface area contributed by atoms with E-state index < -0.39 is 6.23 Å². The number of nitrogens with zero attached hydrogens (tertiary/aromatic N) is 5. The van der Waals surface area contributed by atoms with E-state index in [0.29, 0.717) is 41.6 Å². The number of nitrogens with two attached hydrogens (primary N) is 1. The highest BCUT2D eigenvalue weighted by molar-refractivity contribution is 6.11. The molecule has 0 spiro atoms. The maximum absolute atomic E-state index is 14.1. The number of aliphatic hydroxyl groups is 1. The van der Waals surface area contributed by atoms with Crippen molar-refractivity contribution < 1.29 is 19.0 Å². The number of H-pyrrole nitrogens is 1. The molecule has 0 radical (unpaired) electrons. The van der Waals surface area contributed by atoms with Gasteiger partial charge in [0.2, 0.25) is 0 Å². The van der Waals surface area contributed by atoms with Crippen molar-refractivity contribution in [3.63, 3.8) is 0 Å². The Morgan fingerprint density at radius 1 is 1.33 bits per heavy atom.